The summed E-state index contributed by atoms with van der Waals surface area (Å²) in [7, 11) is 0. The Labute approximate surface area is 96.4 Å². The standard InChI is InChI=1S/C6H6NO.C5H5.Ru/c8-7-5-6-3-1-2-4-6;1-2-4-5-3-1;/h1-5,8H;1-5H;/q2*-1;+2. The molecule has 2 nitrogen and oxygen atoms in total. The summed E-state index contributed by atoms with van der Waals surface area (Å²) in [4.78, 5) is 0. The molecule has 0 aliphatic rings. The van der Waals surface area contributed by atoms with E-state index in [0.29, 0.717) is 0 Å². The van der Waals surface area contributed by atoms with Gasteiger partial charge in [-0.15, -0.1) is 10.7 Å². The largest absolute Gasteiger partial charge is 2.00 e. The second-order valence-corrected chi connectivity index (χ2v) is 2.43. The van der Waals surface area contributed by atoms with Crippen LogP contribution in [-0.4, -0.2) is 11.4 Å². The van der Waals surface area contributed by atoms with Crippen molar-refractivity contribution in [2.75, 3.05) is 0 Å². The van der Waals surface area contributed by atoms with Gasteiger partial charge in [0.2, 0.25) is 0 Å². The molecule has 0 amide bonds. The molecule has 0 saturated carbocycles. The molecule has 2 aromatic rings. The summed E-state index contributed by atoms with van der Waals surface area (Å²) in [6.45, 7) is 0. The molecule has 0 aliphatic carbocycles. The third-order valence-corrected chi connectivity index (χ3v) is 1.45. The van der Waals surface area contributed by atoms with Gasteiger partial charge in [-0.2, -0.15) is 30.3 Å². The van der Waals surface area contributed by atoms with E-state index in [2.05, 4.69) is 5.16 Å². The van der Waals surface area contributed by atoms with Crippen LogP contribution in [0.4, 0.5) is 0 Å². The fourth-order valence-corrected chi connectivity index (χ4v) is 0.862. The first kappa shape index (κ1) is 12.8. The summed E-state index contributed by atoms with van der Waals surface area (Å²) >= 11 is 0. The first-order valence-electron chi connectivity index (χ1n) is 3.99. The van der Waals surface area contributed by atoms with E-state index in [1.165, 1.54) is 6.21 Å². The van der Waals surface area contributed by atoms with Crippen molar-refractivity contribution >= 4 is 6.21 Å². The van der Waals surface area contributed by atoms with E-state index >= 15 is 0 Å². The van der Waals surface area contributed by atoms with Gasteiger partial charge in [0.15, 0.2) is 0 Å². The zero-order valence-electron chi connectivity index (χ0n) is 7.52. The summed E-state index contributed by atoms with van der Waals surface area (Å²) in [5.74, 6) is 0. The van der Waals surface area contributed by atoms with Crippen molar-refractivity contribution in [2.24, 2.45) is 5.16 Å². The molecule has 0 atom stereocenters. The minimum Gasteiger partial charge on any atom is -0.412 e. The molecular weight excluding hydrogens is 263 g/mol. The Kier molecular flexibility index (Phi) is 7.67. The zero-order chi connectivity index (χ0) is 9.36. The van der Waals surface area contributed by atoms with Gasteiger partial charge in [-0.25, -0.2) is 24.3 Å². The molecule has 0 aromatic heterocycles. The average Bonchev–Trinajstić information content (AvgIpc) is 2.79. The van der Waals surface area contributed by atoms with Gasteiger partial charge in [-0.1, -0.05) is 0 Å². The van der Waals surface area contributed by atoms with Crippen LogP contribution < -0.4 is 0 Å². The molecule has 0 fully saturated rings. The van der Waals surface area contributed by atoms with Crippen molar-refractivity contribution in [1.82, 2.24) is 0 Å². The minimum absolute atomic E-state index is 0. The Bertz CT molecular complexity index is 294. The molecule has 0 heterocycles. The van der Waals surface area contributed by atoms with Crippen molar-refractivity contribution in [3.05, 3.63) is 60.2 Å². The number of rotatable bonds is 1. The molecule has 0 unspecified atom stereocenters. The molecule has 0 aliphatic heterocycles. The first-order valence-corrected chi connectivity index (χ1v) is 3.99. The maximum atomic E-state index is 8.01. The summed E-state index contributed by atoms with van der Waals surface area (Å²) in [6, 6.07) is 17.5. The van der Waals surface area contributed by atoms with E-state index in [9.17, 15) is 0 Å². The number of oxime groups is 1. The molecule has 0 spiro atoms. The van der Waals surface area contributed by atoms with Crippen molar-refractivity contribution < 1.29 is 24.7 Å². The average molecular weight is 274 g/mol. The van der Waals surface area contributed by atoms with Crippen LogP contribution in [0, 0.1) is 0 Å². The Morgan fingerprint density at radius 1 is 1.07 bits per heavy atom. The second-order valence-electron chi connectivity index (χ2n) is 2.43. The fraction of sp³-hybridized carbons (Fsp3) is 0. The maximum Gasteiger partial charge on any atom is 2.00 e. The van der Waals surface area contributed by atoms with Crippen molar-refractivity contribution in [3.8, 4) is 0 Å². The quantitative estimate of drug-likeness (QED) is 0.280. The fourth-order valence-electron chi connectivity index (χ4n) is 0.862. The molecule has 1 N–H and O–H groups in total. The Balaban J connectivity index is 0.000000246. The number of hydrogen-bond donors (Lipinski definition) is 1. The van der Waals surface area contributed by atoms with Gasteiger partial charge >= 0.3 is 19.5 Å². The van der Waals surface area contributed by atoms with Crippen LogP contribution >= 0.6 is 0 Å². The van der Waals surface area contributed by atoms with E-state index in [0.717, 1.165) is 5.56 Å². The molecule has 0 bridgehead atoms. The molecule has 2 aromatic carbocycles. The van der Waals surface area contributed by atoms with Gasteiger partial charge in [0.1, 0.15) is 0 Å². The number of nitrogens with zero attached hydrogens (tertiary/aromatic N) is 1. The van der Waals surface area contributed by atoms with Crippen molar-refractivity contribution in [3.63, 3.8) is 0 Å². The predicted octanol–water partition coefficient (Wildman–Crippen LogP) is 2.62. The topological polar surface area (TPSA) is 32.6 Å². The molecule has 3 heteroatoms. The van der Waals surface area contributed by atoms with E-state index in [4.69, 9.17) is 5.21 Å². The van der Waals surface area contributed by atoms with Gasteiger partial charge in [0, 0.05) is 6.21 Å². The second kappa shape index (κ2) is 8.39. The number of hydrogen-bond acceptors (Lipinski definition) is 2. The van der Waals surface area contributed by atoms with Crippen LogP contribution in [0.2, 0.25) is 0 Å². The van der Waals surface area contributed by atoms with Gasteiger partial charge in [-0.05, 0) is 0 Å². The summed E-state index contributed by atoms with van der Waals surface area (Å²) in [6.07, 6.45) is 1.39. The van der Waals surface area contributed by atoms with Gasteiger partial charge < -0.3 is 5.21 Å². The third-order valence-electron chi connectivity index (χ3n) is 1.45. The van der Waals surface area contributed by atoms with E-state index < -0.39 is 0 Å². The monoisotopic (exact) mass is 275 g/mol. The zero-order valence-corrected chi connectivity index (χ0v) is 9.26. The Hall–Kier alpha value is -1.21. The van der Waals surface area contributed by atoms with Crippen LogP contribution in [0.15, 0.2) is 59.8 Å². The van der Waals surface area contributed by atoms with Crippen LogP contribution in [-0.2, 0) is 19.5 Å². The first-order chi connectivity index (χ1) is 6.43. The predicted molar refractivity (Wildman–Crippen MR) is 53.5 cm³/mol. The van der Waals surface area contributed by atoms with Crippen LogP contribution in [0.25, 0.3) is 0 Å². The molecule has 2 rings (SSSR count). The Morgan fingerprint density at radius 2 is 1.64 bits per heavy atom. The van der Waals surface area contributed by atoms with Crippen LogP contribution in [0.5, 0.6) is 0 Å². The van der Waals surface area contributed by atoms with E-state index in [1.54, 1.807) is 0 Å². The Morgan fingerprint density at radius 3 is 2.00 bits per heavy atom. The summed E-state index contributed by atoms with van der Waals surface area (Å²) in [5.41, 5.74) is 0.924. The van der Waals surface area contributed by atoms with E-state index in [-0.39, 0.29) is 19.5 Å². The molecule has 0 radical (unpaired) electrons. The van der Waals surface area contributed by atoms with Crippen molar-refractivity contribution in [1.29, 1.82) is 0 Å². The van der Waals surface area contributed by atoms with Gasteiger partial charge in [0.25, 0.3) is 0 Å². The molecule has 0 saturated heterocycles. The van der Waals surface area contributed by atoms with Crippen LogP contribution in [0.3, 0.4) is 0 Å². The van der Waals surface area contributed by atoms with Gasteiger partial charge in [0.05, 0.1) is 0 Å². The summed E-state index contributed by atoms with van der Waals surface area (Å²) in [5, 5.41) is 10.9. The minimum atomic E-state index is 0. The van der Waals surface area contributed by atoms with E-state index in [1.807, 2.05) is 54.6 Å². The van der Waals surface area contributed by atoms with Crippen LogP contribution in [0.1, 0.15) is 5.56 Å². The molecule has 74 valence electrons. The normalized spacial score (nSPS) is 8.86. The SMILES string of the molecule is ON=C[c-]1cccc1.[Ru+2].c1cc[cH-]c1. The summed E-state index contributed by atoms with van der Waals surface area (Å²) < 4.78 is 0. The van der Waals surface area contributed by atoms with Gasteiger partial charge in [-0.3, -0.25) is 0 Å². The molecular formula is C11H11NORu. The van der Waals surface area contributed by atoms with Crippen molar-refractivity contribution in [2.45, 2.75) is 0 Å². The molecule has 14 heavy (non-hydrogen) atoms. The smallest absolute Gasteiger partial charge is 0.412 e. The maximum absolute atomic E-state index is 8.01. The third kappa shape index (κ3) is 5.44.